The summed E-state index contributed by atoms with van der Waals surface area (Å²) >= 11 is 0. The highest BCUT2D eigenvalue weighted by molar-refractivity contribution is 5.96. The third-order valence-electron chi connectivity index (χ3n) is 7.82. The molecule has 0 saturated carbocycles. The molecule has 3 N–H and O–H groups in total. The van der Waals surface area contributed by atoms with Gasteiger partial charge in [-0.25, -0.2) is 9.97 Å². The fourth-order valence-electron chi connectivity index (χ4n) is 5.29. The molecule has 0 radical (unpaired) electrons. The highest BCUT2D eigenvalue weighted by Crippen LogP contribution is 2.36. The van der Waals surface area contributed by atoms with E-state index < -0.39 is 5.97 Å². The Kier molecular flexibility index (Phi) is 6.27. The number of carboxylic acids is 1. The minimum absolute atomic E-state index is 0.0385. The van der Waals surface area contributed by atoms with Crippen LogP contribution in [0.25, 0.3) is 56.5 Å². The third-order valence-corrected chi connectivity index (χ3v) is 7.82. The summed E-state index contributed by atoms with van der Waals surface area (Å²) in [5.41, 5.74) is 15.4. The van der Waals surface area contributed by atoms with Gasteiger partial charge >= 0.3 is 5.97 Å². The number of carbonyl (C=O) groups is 1. The number of rotatable bonds is 5. The fourth-order valence-corrected chi connectivity index (χ4v) is 5.29. The number of allylic oxidation sites excluding steroid dienone is 4. The number of aromatic amines is 2. The SMILES string of the molecule is C=Cc1c(C)c2cc3[nH]c(cc4nc(cc5nc(cc1[nH]2)C(C)=C5CCC(=O)O)C(C)=C4C)c(C)c3C=C. The molecule has 192 valence electrons. The van der Waals surface area contributed by atoms with E-state index in [4.69, 9.17) is 9.97 Å². The van der Waals surface area contributed by atoms with Crippen LogP contribution >= 0.6 is 0 Å². The zero-order valence-corrected chi connectivity index (χ0v) is 22.5. The summed E-state index contributed by atoms with van der Waals surface area (Å²) in [6.07, 6.45) is 4.18. The molecule has 0 saturated heterocycles. The van der Waals surface area contributed by atoms with Crippen LogP contribution in [0.15, 0.2) is 37.4 Å². The molecule has 38 heavy (non-hydrogen) atoms. The molecule has 0 spiro atoms. The number of fused-ring (bicyclic) bond motifs is 8. The Morgan fingerprint density at radius 1 is 0.737 bits per heavy atom. The number of nitrogens with one attached hydrogen (secondary N) is 2. The summed E-state index contributed by atoms with van der Waals surface area (Å²) in [5, 5.41) is 9.38. The van der Waals surface area contributed by atoms with Crippen LogP contribution in [0, 0.1) is 13.8 Å². The predicted octanol–water partition coefficient (Wildman–Crippen LogP) is 7.96. The van der Waals surface area contributed by atoms with E-state index in [1.807, 2.05) is 31.2 Å². The van der Waals surface area contributed by atoms with Crippen LogP contribution < -0.4 is 0 Å². The summed E-state index contributed by atoms with van der Waals surface area (Å²) in [4.78, 5) is 28.5. The molecule has 0 atom stereocenters. The molecule has 2 aliphatic heterocycles. The first-order valence-electron chi connectivity index (χ1n) is 12.7. The number of aliphatic carboxylic acids is 1. The van der Waals surface area contributed by atoms with Gasteiger partial charge in [-0.1, -0.05) is 25.3 Å². The lowest BCUT2D eigenvalue weighted by atomic mass is 10.0. The van der Waals surface area contributed by atoms with Crippen molar-refractivity contribution >= 4 is 62.5 Å². The molecule has 5 heterocycles. The summed E-state index contributed by atoms with van der Waals surface area (Å²) in [6.45, 7) is 18.4. The van der Waals surface area contributed by atoms with Crippen molar-refractivity contribution in [3.63, 3.8) is 0 Å². The summed E-state index contributed by atoms with van der Waals surface area (Å²) in [6, 6.07) is 8.21. The molecule has 5 rings (SSSR count). The maximum atomic E-state index is 11.4. The zero-order valence-electron chi connectivity index (χ0n) is 22.5. The van der Waals surface area contributed by atoms with Crippen LogP contribution in [0.2, 0.25) is 0 Å². The Morgan fingerprint density at radius 2 is 1.21 bits per heavy atom. The van der Waals surface area contributed by atoms with E-state index in [0.717, 1.165) is 89.4 Å². The van der Waals surface area contributed by atoms with Crippen molar-refractivity contribution in [1.82, 2.24) is 19.9 Å². The van der Waals surface area contributed by atoms with Crippen molar-refractivity contribution in [2.75, 3.05) is 0 Å². The molecule has 0 fully saturated rings. The average molecular weight is 505 g/mol. The van der Waals surface area contributed by atoms with Crippen molar-refractivity contribution in [3.05, 3.63) is 82.5 Å². The number of aryl methyl sites for hydroxylation is 2. The molecule has 0 amide bonds. The molecular weight excluding hydrogens is 472 g/mol. The first-order chi connectivity index (χ1) is 18.1. The van der Waals surface area contributed by atoms with Gasteiger partial charge in [0.15, 0.2) is 0 Å². The first-order valence-corrected chi connectivity index (χ1v) is 12.7. The van der Waals surface area contributed by atoms with Gasteiger partial charge in [0.2, 0.25) is 0 Å². The van der Waals surface area contributed by atoms with E-state index in [0.29, 0.717) is 6.42 Å². The molecule has 6 heteroatoms. The van der Waals surface area contributed by atoms with Gasteiger partial charge in [-0.15, -0.1) is 0 Å². The van der Waals surface area contributed by atoms with Crippen LogP contribution in [-0.4, -0.2) is 31.0 Å². The fraction of sp³-hybridized carbons (Fsp3) is 0.219. The van der Waals surface area contributed by atoms with Gasteiger partial charge < -0.3 is 15.1 Å². The lowest BCUT2D eigenvalue weighted by Crippen LogP contribution is -1.95. The Balaban J connectivity index is 1.95. The second kappa shape index (κ2) is 9.45. The molecule has 3 aromatic heterocycles. The van der Waals surface area contributed by atoms with Crippen LogP contribution in [0.1, 0.15) is 78.6 Å². The predicted molar refractivity (Wildman–Crippen MR) is 158 cm³/mol. The van der Waals surface area contributed by atoms with E-state index in [9.17, 15) is 9.90 Å². The van der Waals surface area contributed by atoms with Gasteiger partial charge in [0, 0.05) is 39.6 Å². The van der Waals surface area contributed by atoms with Gasteiger partial charge in [-0.2, -0.15) is 0 Å². The largest absolute Gasteiger partial charge is 0.481 e. The van der Waals surface area contributed by atoms with Gasteiger partial charge in [-0.05, 0) is 98.7 Å². The summed E-state index contributed by atoms with van der Waals surface area (Å²) in [5.74, 6) is -0.829. The van der Waals surface area contributed by atoms with Gasteiger partial charge in [0.1, 0.15) is 0 Å². The van der Waals surface area contributed by atoms with Crippen LogP contribution in [0.5, 0.6) is 0 Å². The monoisotopic (exact) mass is 504 g/mol. The van der Waals surface area contributed by atoms with Crippen molar-refractivity contribution in [2.45, 2.75) is 47.5 Å². The van der Waals surface area contributed by atoms with E-state index in [-0.39, 0.29) is 6.42 Å². The lowest BCUT2D eigenvalue weighted by Gasteiger charge is -2.03. The number of hydrogen-bond donors (Lipinski definition) is 3. The van der Waals surface area contributed by atoms with Crippen LogP contribution in [0.3, 0.4) is 0 Å². The highest BCUT2D eigenvalue weighted by atomic mass is 16.4. The Morgan fingerprint density at radius 3 is 1.79 bits per heavy atom. The van der Waals surface area contributed by atoms with Crippen molar-refractivity contribution in [3.8, 4) is 0 Å². The first kappa shape index (κ1) is 25.2. The third kappa shape index (κ3) is 4.12. The van der Waals surface area contributed by atoms with E-state index in [1.54, 1.807) is 0 Å². The maximum absolute atomic E-state index is 11.4. The van der Waals surface area contributed by atoms with Crippen molar-refractivity contribution < 1.29 is 9.90 Å². The van der Waals surface area contributed by atoms with Gasteiger partial charge in [0.25, 0.3) is 0 Å². The van der Waals surface area contributed by atoms with E-state index in [1.165, 1.54) is 0 Å². The topological polar surface area (TPSA) is 94.7 Å². The average Bonchev–Trinajstić information content (AvgIpc) is 3.52. The number of carboxylic acid groups (broad SMARTS) is 1. The molecule has 8 bridgehead atoms. The number of H-pyrrole nitrogens is 2. The van der Waals surface area contributed by atoms with Gasteiger partial charge in [0.05, 0.1) is 22.8 Å². The van der Waals surface area contributed by atoms with Crippen molar-refractivity contribution in [2.24, 2.45) is 0 Å². The minimum Gasteiger partial charge on any atom is -0.481 e. The van der Waals surface area contributed by atoms with Gasteiger partial charge in [-0.3, -0.25) is 4.79 Å². The molecule has 0 aliphatic carbocycles. The molecular formula is C32H32N4O2. The summed E-state index contributed by atoms with van der Waals surface area (Å²) < 4.78 is 0. The number of hydrogen-bond acceptors (Lipinski definition) is 3. The Hall–Kier alpha value is -4.45. The maximum Gasteiger partial charge on any atom is 0.303 e. The Labute approximate surface area is 222 Å². The highest BCUT2D eigenvalue weighted by Gasteiger charge is 2.20. The molecule has 2 aliphatic rings. The quantitative estimate of drug-likeness (QED) is 0.328. The number of aromatic nitrogens is 4. The van der Waals surface area contributed by atoms with Crippen LogP contribution in [0.4, 0.5) is 0 Å². The zero-order chi connectivity index (χ0) is 27.3. The molecule has 0 aromatic carbocycles. The smallest absolute Gasteiger partial charge is 0.303 e. The normalized spacial score (nSPS) is 13.3. The molecule has 6 nitrogen and oxygen atoms in total. The lowest BCUT2D eigenvalue weighted by molar-refractivity contribution is -0.136. The van der Waals surface area contributed by atoms with E-state index >= 15 is 0 Å². The van der Waals surface area contributed by atoms with Crippen molar-refractivity contribution in [1.29, 1.82) is 0 Å². The second-order valence-corrected chi connectivity index (χ2v) is 9.98. The minimum atomic E-state index is -0.829. The second-order valence-electron chi connectivity index (χ2n) is 9.98. The molecule has 3 aromatic rings. The number of nitrogens with zero attached hydrogens (tertiary/aromatic N) is 2. The molecule has 0 unspecified atom stereocenters. The Bertz CT molecular complexity index is 1780. The summed E-state index contributed by atoms with van der Waals surface area (Å²) in [7, 11) is 0. The van der Waals surface area contributed by atoms with E-state index in [2.05, 4.69) is 63.0 Å². The standard InChI is InChI=1S/C32H32N4O2/c1-8-21-18(5)26-12-24-16(3)17(4)25(33-24)13-31-23(10-11-32(37)38)20(7)28(36-31)15-30-22(9-2)19(6)27(35-30)14-29(21)34-26/h8-9,12-15,34-35H,1-2,10-11H2,3-7H3,(H,37,38). The van der Waals surface area contributed by atoms with Crippen LogP contribution in [-0.2, 0) is 4.79 Å².